The molecule has 0 unspecified atom stereocenters. The van der Waals surface area contributed by atoms with Crippen LogP contribution in [0.25, 0.3) is 0 Å². The SMILES string of the molecule is C.CCc1ccc(NC(=S)N2CCC(C=O)CC2)cc1.CNCCCCNC(=O)CCC=O. The van der Waals surface area contributed by atoms with Gasteiger partial charge in [0, 0.05) is 44.1 Å². The first-order valence-corrected chi connectivity index (χ1v) is 11.9. The average Bonchev–Trinajstić information content (AvgIpc) is 2.83. The number of amides is 1. The fourth-order valence-corrected chi connectivity index (χ4v) is 3.50. The highest BCUT2D eigenvalue weighted by molar-refractivity contribution is 7.80. The molecule has 0 aromatic heterocycles. The van der Waals surface area contributed by atoms with Crippen molar-refractivity contribution in [1.29, 1.82) is 0 Å². The van der Waals surface area contributed by atoms with Gasteiger partial charge in [-0.1, -0.05) is 26.5 Å². The summed E-state index contributed by atoms with van der Waals surface area (Å²) in [5.41, 5.74) is 2.35. The lowest BCUT2D eigenvalue weighted by atomic mass is 9.99. The number of anilines is 1. The molecule has 2 rings (SSSR count). The molecule has 0 aliphatic carbocycles. The first-order chi connectivity index (χ1) is 15.5. The molecule has 1 saturated heterocycles. The first kappa shape index (κ1) is 30.7. The number of aldehydes is 2. The molecule has 186 valence electrons. The van der Waals surface area contributed by atoms with E-state index in [1.807, 2.05) is 7.05 Å². The normalized spacial score (nSPS) is 13.1. The molecule has 0 atom stereocenters. The van der Waals surface area contributed by atoms with E-state index in [1.165, 1.54) is 5.56 Å². The van der Waals surface area contributed by atoms with E-state index in [-0.39, 0.29) is 19.3 Å². The molecule has 1 aromatic carbocycles. The number of thiocarbonyl (C=S) groups is 1. The van der Waals surface area contributed by atoms with Gasteiger partial charge >= 0.3 is 0 Å². The van der Waals surface area contributed by atoms with Crippen molar-refractivity contribution in [2.24, 2.45) is 5.92 Å². The maximum absolute atomic E-state index is 10.9. The predicted molar refractivity (Wildman–Crippen MR) is 141 cm³/mol. The Balaban J connectivity index is 0.000000649. The van der Waals surface area contributed by atoms with Crippen LogP contribution in [0.2, 0.25) is 0 Å². The van der Waals surface area contributed by atoms with Gasteiger partial charge in [-0.3, -0.25) is 4.79 Å². The summed E-state index contributed by atoms with van der Waals surface area (Å²) in [6, 6.07) is 8.35. The van der Waals surface area contributed by atoms with Crippen LogP contribution in [-0.4, -0.2) is 61.7 Å². The fraction of sp³-hybridized carbons (Fsp3) is 0.600. The predicted octanol–water partition coefficient (Wildman–Crippen LogP) is 3.57. The summed E-state index contributed by atoms with van der Waals surface area (Å²) in [4.78, 5) is 33.7. The summed E-state index contributed by atoms with van der Waals surface area (Å²) in [7, 11) is 1.91. The number of nitrogens with zero attached hydrogens (tertiary/aromatic N) is 1. The summed E-state index contributed by atoms with van der Waals surface area (Å²) in [5.74, 6) is 0.180. The number of hydrogen-bond donors (Lipinski definition) is 3. The summed E-state index contributed by atoms with van der Waals surface area (Å²) >= 11 is 5.42. The van der Waals surface area contributed by atoms with E-state index < -0.39 is 0 Å². The topological polar surface area (TPSA) is 90.5 Å². The number of benzene rings is 1. The second-order valence-electron chi connectivity index (χ2n) is 7.81. The zero-order valence-corrected chi connectivity index (χ0v) is 20.2. The van der Waals surface area contributed by atoms with Crippen LogP contribution in [0.3, 0.4) is 0 Å². The van der Waals surface area contributed by atoms with Crippen molar-refractivity contribution < 1.29 is 14.4 Å². The molecule has 0 spiro atoms. The molecule has 1 amide bonds. The van der Waals surface area contributed by atoms with Gasteiger partial charge < -0.3 is 30.4 Å². The minimum Gasteiger partial charge on any atom is -0.356 e. The molecule has 1 heterocycles. The second kappa shape index (κ2) is 19.2. The van der Waals surface area contributed by atoms with Crippen molar-refractivity contribution in [3.05, 3.63) is 29.8 Å². The van der Waals surface area contributed by atoms with E-state index >= 15 is 0 Å². The van der Waals surface area contributed by atoms with Gasteiger partial charge in [-0.2, -0.15) is 0 Å². The third-order valence-electron chi connectivity index (χ3n) is 5.30. The lowest BCUT2D eigenvalue weighted by Gasteiger charge is -2.31. The van der Waals surface area contributed by atoms with Crippen molar-refractivity contribution in [2.45, 2.75) is 59.3 Å². The number of carbonyl (C=O) groups is 3. The zero-order valence-electron chi connectivity index (χ0n) is 19.4. The monoisotopic (exact) mass is 478 g/mol. The van der Waals surface area contributed by atoms with Crippen LogP contribution in [0, 0.1) is 5.92 Å². The first-order valence-electron chi connectivity index (χ1n) is 11.5. The minimum absolute atomic E-state index is 0. The fourth-order valence-electron chi connectivity index (χ4n) is 3.20. The van der Waals surface area contributed by atoms with Crippen LogP contribution in [0.4, 0.5) is 5.69 Å². The Kier molecular flexibility index (Phi) is 17.8. The Hall–Kier alpha value is -2.32. The Bertz CT molecular complexity index is 689. The highest BCUT2D eigenvalue weighted by atomic mass is 32.1. The highest BCUT2D eigenvalue weighted by Gasteiger charge is 2.20. The van der Waals surface area contributed by atoms with Crippen molar-refractivity contribution >= 4 is 41.5 Å². The van der Waals surface area contributed by atoms with Crippen molar-refractivity contribution in [1.82, 2.24) is 15.5 Å². The van der Waals surface area contributed by atoms with Crippen molar-refractivity contribution in [2.75, 3.05) is 38.5 Å². The van der Waals surface area contributed by atoms with E-state index in [0.717, 1.165) is 75.1 Å². The molecule has 0 bridgehead atoms. The number of rotatable bonds is 11. The largest absolute Gasteiger partial charge is 0.356 e. The molecule has 0 saturated carbocycles. The number of unbranched alkanes of at least 4 members (excludes halogenated alkanes) is 1. The molecule has 1 fully saturated rings. The highest BCUT2D eigenvalue weighted by Crippen LogP contribution is 2.17. The van der Waals surface area contributed by atoms with Crippen LogP contribution >= 0.6 is 12.2 Å². The molecule has 8 heteroatoms. The summed E-state index contributed by atoms with van der Waals surface area (Å²) < 4.78 is 0. The number of piperidine rings is 1. The number of aryl methyl sites for hydroxylation is 1. The second-order valence-corrected chi connectivity index (χ2v) is 8.19. The lowest BCUT2D eigenvalue weighted by Crippen LogP contribution is -2.41. The van der Waals surface area contributed by atoms with Gasteiger partial charge in [0.25, 0.3) is 0 Å². The Morgan fingerprint density at radius 3 is 2.30 bits per heavy atom. The van der Waals surface area contributed by atoms with Gasteiger partial charge in [0.05, 0.1) is 0 Å². The summed E-state index contributed by atoms with van der Waals surface area (Å²) in [6.45, 7) is 5.55. The molecule has 3 N–H and O–H groups in total. The lowest BCUT2D eigenvalue weighted by molar-refractivity contribution is -0.122. The summed E-state index contributed by atoms with van der Waals surface area (Å²) in [5, 5.41) is 9.80. The van der Waals surface area contributed by atoms with Gasteiger partial charge in [0.2, 0.25) is 5.91 Å². The molecule has 7 nitrogen and oxygen atoms in total. The third kappa shape index (κ3) is 13.7. The molecule has 1 aromatic rings. The number of hydrogen-bond acceptors (Lipinski definition) is 5. The molecular weight excluding hydrogens is 436 g/mol. The van der Waals surface area contributed by atoms with Gasteiger partial charge in [0.15, 0.2) is 5.11 Å². The van der Waals surface area contributed by atoms with Crippen molar-refractivity contribution in [3.63, 3.8) is 0 Å². The Morgan fingerprint density at radius 2 is 1.76 bits per heavy atom. The smallest absolute Gasteiger partial charge is 0.220 e. The maximum atomic E-state index is 10.9. The number of carbonyl (C=O) groups excluding carboxylic acids is 3. The van der Waals surface area contributed by atoms with Crippen LogP contribution in [0.5, 0.6) is 0 Å². The van der Waals surface area contributed by atoms with Gasteiger partial charge in [0.1, 0.15) is 12.6 Å². The van der Waals surface area contributed by atoms with Gasteiger partial charge in [-0.15, -0.1) is 0 Å². The average molecular weight is 479 g/mol. The molecule has 1 aliphatic heterocycles. The zero-order chi connectivity index (χ0) is 23.6. The molecular formula is C25H42N4O3S. The number of likely N-dealkylation sites (tertiary alicyclic amines) is 1. The molecule has 1 aliphatic rings. The van der Waals surface area contributed by atoms with E-state index in [4.69, 9.17) is 12.2 Å². The van der Waals surface area contributed by atoms with Crippen LogP contribution in [0.15, 0.2) is 24.3 Å². The quantitative estimate of drug-likeness (QED) is 0.254. The minimum atomic E-state index is -0.0310. The third-order valence-corrected chi connectivity index (χ3v) is 5.66. The van der Waals surface area contributed by atoms with E-state index in [1.54, 1.807) is 0 Å². The van der Waals surface area contributed by atoms with Crippen LogP contribution in [-0.2, 0) is 20.8 Å². The Labute approximate surface area is 205 Å². The number of nitrogens with one attached hydrogen (secondary N) is 3. The van der Waals surface area contributed by atoms with Crippen LogP contribution in [0.1, 0.15) is 58.4 Å². The van der Waals surface area contributed by atoms with Crippen LogP contribution < -0.4 is 16.0 Å². The van der Waals surface area contributed by atoms with E-state index in [2.05, 4.69) is 52.0 Å². The van der Waals surface area contributed by atoms with Crippen molar-refractivity contribution in [3.8, 4) is 0 Å². The molecule has 33 heavy (non-hydrogen) atoms. The van der Waals surface area contributed by atoms with Gasteiger partial charge in [-0.05, 0) is 75.6 Å². The summed E-state index contributed by atoms with van der Waals surface area (Å²) in [6.07, 6.45) is 7.36. The standard InChI is InChI=1S/C15H20N2OS.C9H18N2O2.CH4/c1-2-12-3-5-14(6-4-12)16-15(19)17-9-7-13(11-18)8-10-17;1-10-6-2-3-7-11-9(13)5-4-8-12;/h3-6,11,13H,2,7-10H2,1H3,(H,16,19);8,10H,2-7H2,1H3,(H,11,13);1H4. The maximum Gasteiger partial charge on any atom is 0.220 e. The van der Waals surface area contributed by atoms with E-state index in [9.17, 15) is 14.4 Å². The molecule has 0 radical (unpaired) electrons. The Morgan fingerprint density at radius 1 is 1.12 bits per heavy atom. The van der Waals surface area contributed by atoms with Gasteiger partial charge in [-0.25, -0.2) is 0 Å². The van der Waals surface area contributed by atoms with E-state index in [0.29, 0.717) is 19.4 Å².